The highest BCUT2D eigenvalue weighted by atomic mass is 32.2. The van der Waals surface area contributed by atoms with Crippen LogP contribution in [0.1, 0.15) is 38.5 Å². The number of nitrogens with one attached hydrogen (secondary N) is 1. The van der Waals surface area contributed by atoms with Crippen LogP contribution in [-0.4, -0.2) is 18.2 Å². The topological polar surface area (TPSA) is 64.0 Å². The Morgan fingerprint density at radius 1 is 1.04 bits per heavy atom. The van der Waals surface area contributed by atoms with Crippen LogP contribution in [0.25, 0.3) is 0 Å². The van der Waals surface area contributed by atoms with Crippen molar-refractivity contribution in [3.63, 3.8) is 0 Å². The fourth-order valence-electron chi connectivity index (χ4n) is 5.87. The van der Waals surface area contributed by atoms with Gasteiger partial charge in [0.2, 0.25) is 0 Å². The minimum Gasteiger partial charge on any atom is -0.264 e. The van der Waals surface area contributed by atoms with Gasteiger partial charge in [0.1, 0.15) is 16.5 Å². The molecule has 0 aliphatic heterocycles. The Morgan fingerprint density at radius 2 is 1.67 bits per heavy atom. The number of benzene rings is 1. The normalized spacial score (nSPS) is 32.0. The summed E-state index contributed by atoms with van der Waals surface area (Å²) in [5.41, 5.74) is -0.0143. The maximum absolute atomic E-state index is 13.9. The van der Waals surface area contributed by atoms with Gasteiger partial charge in [-0.2, -0.15) is 5.10 Å². The predicted molar refractivity (Wildman–Crippen MR) is 95.5 cm³/mol. The molecule has 27 heavy (non-hydrogen) atoms. The van der Waals surface area contributed by atoms with Crippen molar-refractivity contribution >= 4 is 15.8 Å². The predicted octanol–water partition coefficient (Wildman–Crippen LogP) is 3.89. The molecule has 6 rings (SSSR count). The zero-order valence-electron chi connectivity index (χ0n) is 14.7. The average Bonchev–Trinajstić information content (AvgIpc) is 3.01. The van der Waals surface area contributed by atoms with E-state index in [0.717, 1.165) is 49.1 Å². The molecular weight excluding hydrogens is 372 g/mol. The summed E-state index contributed by atoms with van der Waals surface area (Å²) in [5.74, 6) is 0.451. The molecule has 1 aromatic carbocycles. The van der Waals surface area contributed by atoms with E-state index in [0.29, 0.717) is 6.07 Å². The fraction of sp³-hybridized carbons (Fsp3) is 0.526. The summed E-state index contributed by atoms with van der Waals surface area (Å²) >= 11 is 0. The van der Waals surface area contributed by atoms with Crippen molar-refractivity contribution < 1.29 is 17.2 Å². The van der Waals surface area contributed by atoms with Crippen molar-refractivity contribution in [1.29, 1.82) is 0 Å². The SMILES string of the molecule is O=S(=O)(Nc1ccn(C23CC4CC(CC(C4)C2)C3)n1)c1ccc(F)cc1F. The highest BCUT2D eigenvalue weighted by Gasteiger charge is 2.52. The summed E-state index contributed by atoms with van der Waals surface area (Å²) in [5, 5.41) is 4.49. The maximum Gasteiger partial charge on any atom is 0.266 e. The summed E-state index contributed by atoms with van der Waals surface area (Å²) in [6, 6.07) is 4.01. The zero-order chi connectivity index (χ0) is 18.8. The van der Waals surface area contributed by atoms with E-state index in [1.54, 1.807) is 6.07 Å². The molecule has 144 valence electrons. The number of halogens is 2. The van der Waals surface area contributed by atoms with Gasteiger partial charge in [0.25, 0.3) is 10.0 Å². The second kappa shape index (κ2) is 5.77. The van der Waals surface area contributed by atoms with Crippen LogP contribution in [0.3, 0.4) is 0 Å². The molecule has 4 fully saturated rings. The molecule has 8 heteroatoms. The third kappa shape index (κ3) is 2.85. The van der Waals surface area contributed by atoms with Gasteiger partial charge in [-0.25, -0.2) is 17.2 Å². The fourth-order valence-corrected chi connectivity index (χ4v) is 6.93. The van der Waals surface area contributed by atoms with Crippen molar-refractivity contribution in [3.8, 4) is 0 Å². The van der Waals surface area contributed by atoms with E-state index in [-0.39, 0.29) is 11.4 Å². The van der Waals surface area contributed by atoms with Gasteiger partial charge in [0.05, 0.1) is 5.54 Å². The van der Waals surface area contributed by atoms with Gasteiger partial charge in [0.15, 0.2) is 5.82 Å². The third-order valence-corrected chi connectivity index (χ3v) is 7.89. The van der Waals surface area contributed by atoms with Gasteiger partial charge >= 0.3 is 0 Å². The van der Waals surface area contributed by atoms with Crippen molar-refractivity contribution in [2.24, 2.45) is 17.8 Å². The lowest BCUT2D eigenvalue weighted by Crippen LogP contribution is -2.52. The first-order valence-corrected chi connectivity index (χ1v) is 10.9. The van der Waals surface area contributed by atoms with Crippen LogP contribution < -0.4 is 4.72 Å². The number of sulfonamides is 1. The number of nitrogens with zero attached hydrogens (tertiary/aromatic N) is 2. The van der Waals surface area contributed by atoms with Gasteiger partial charge in [-0.3, -0.25) is 9.40 Å². The third-order valence-electron chi connectivity index (χ3n) is 6.50. The Balaban J connectivity index is 1.41. The molecule has 4 aliphatic carbocycles. The summed E-state index contributed by atoms with van der Waals surface area (Å²) in [4.78, 5) is -0.590. The first-order valence-electron chi connectivity index (χ1n) is 9.37. The molecule has 4 aliphatic rings. The molecule has 5 nitrogen and oxygen atoms in total. The monoisotopic (exact) mass is 393 g/mol. The van der Waals surface area contributed by atoms with E-state index in [9.17, 15) is 17.2 Å². The van der Waals surface area contributed by atoms with Gasteiger partial charge in [0, 0.05) is 18.3 Å². The van der Waals surface area contributed by atoms with Crippen LogP contribution in [0, 0.1) is 29.4 Å². The molecule has 0 unspecified atom stereocenters. The standard InChI is InChI=1S/C19H21F2N3O2S/c20-15-1-2-17(16(21)8-15)27(25,26)23-18-3-4-24(22-18)19-9-12-5-13(10-19)7-14(6-12)11-19/h1-4,8,12-14H,5-7,9-11H2,(H,22,23). The Kier molecular flexibility index (Phi) is 3.67. The second-order valence-electron chi connectivity index (χ2n) is 8.47. The molecule has 2 aromatic rings. The molecule has 1 aromatic heterocycles. The molecule has 0 atom stereocenters. The van der Waals surface area contributed by atoms with E-state index in [1.165, 1.54) is 19.3 Å². The molecule has 1 N–H and O–H groups in total. The summed E-state index contributed by atoms with van der Waals surface area (Å²) in [6.45, 7) is 0. The Bertz CT molecular complexity index is 967. The first kappa shape index (κ1) is 17.2. The van der Waals surface area contributed by atoms with E-state index < -0.39 is 26.6 Å². The number of hydrogen-bond donors (Lipinski definition) is 1. The molecule has 0 spiro atoms. The van der Waals surface area contributed by atoms with Gasteiger partial charge in [-0.15, -0.1) is 0 Å². The van der Waals surface area contributed by atoms with Crippen molar-refractivity contribution in [1.82, 2.24) is 9.78 Å². The summed E-state index contributed by atoms with van der Waals surface area (Å²) in [7, 11) is -4.17. The van der Waals surface area contributed by atoms with E-state index in [2.05, 4.69) is 9.82 Å². The van der Waals surface area contributed by atoms with E-state index >= 15 is 0 Å². The molecule has 4 bridgehead atoms. The lowest BCUT2D eigenvalue weighted by molar-refractivity contribution is -0.0492. The van der Waals surface area contributed by atoms with Crippen LogP contribution in [0.4, 0.5) is 14.6 Å². The molecule has 0 amide bonds. The van der Waals surface area contributed by atoms with E-state index in [1.807, 2.05) is 10.9 Å². The second-order valence-corrected chi connectivity index (χ2v) is 10.1. The lowest BCUT2D eigenvalue weighted by atomic mass is 9.53. The zero-order valence-corrected chi connectivity index (χ0v) is 15.6. The van der Waals surface area contributed by atoms with Crippen LogP contribution >= 0.6 is 0 Å². The number of rotatable bonds is 4. The molecule has 4 saturated carbocycles. The van der Waals surface area contributed by atoms with Crippen LogP contribution in [0.5, 0.6) is 0 Å². The number of anilines is 1. The number of aromatic nitrogens is 2. The molecule has 1 heterocycles. The summed E-state index contributed by atoms with van der Waals surface area (Å²) < 4.78 is 56.1. The lowest BCUT2D eigenvalue weighted by Gasteiger charge is -2.56. The highest BCUT2D eigenvalue weighted by molar-refractivity contribution is 7.92. The number of hydrogen-bond acceptors (Lipinski definition) is 3. The van der Waals surface area contributed by atoms with Gasteiger partial charge < -0.3 is 0 Å². The summed E-state index contributed by atoms with van der Waals surface area (Å²) in [6.07, 6.45) is 9.04. The highest BCUT2D eigenvalue weighted by Crippen LogP contribution is 2.58. The van der Waals surface area contributed by atoms with Crippen LogP contribution in [-0.2, 0) is 15.6 Å². The van der Waals surface area contributed by atoms with Crippen molar-refractivity contribution in [2.75, 3.05) is 4.72 Å². The van der Waals surface area contributed by atoms with Crippen molar-refractivity contribution in [3.05, 3.63) is 42.1 Å². The Labute approximate surface area is 156 Å². The Morgan fingerprint density at radius 3 is 2.26 bits per heavy atom. The first-order chi connectivity index (χ1) is 12.8. The quantitative estimate of drug-likeness (QED) is 0.857. The smallest absolute Gasteiger partial charge is 0.264 e. The maximum atomic E-state index is 13.9. The average molecular weight is 393 g/mol. The van der Waals surface area contributed by atoms with Gasteiger partial charge in [-0.05, 0) is 68.4 Å². The minimum absolute atomic E-state index is 0.0143. The minimum atomic E-state index is -4.17. The van der Waals surface area contributed by atoms with Crippen molar-refractivity contribution in [2.45, 2.75) is 49.0 Å². The molecular formula is C19H21F2N3O2S. The van der Waals surface area contributed by atoms with E-state index in [4.69, 9.17) is 0 Å². The van der Waals surface area contributed by atoms with Gasteiger partial charge in [-0.1, -0.05) is 0 Å². The van der Waals surface area contributed by atoms with Crippen LogP contribution in [0.2, 0.25) is 0 Å². The molecule has 0 saturated heterocycles. The Hall–Kier alpha value is -1.96. The molecule has 0 radical (unpaired) electrons. The van der Waals surface area contributed by atoms with Crippen LogP contribution in [0.15, 0.2) is 35.4 Å². The largest absolute Gasteiger partial charge is 0.266 e.